The van der Waals surface area contributed by atoms with Gasteiger partial charge in [-0.25, -0.2) is 9.67 Å². The van der Waals surface area contributed by atoms with Crippen molar-refractivity contribution in [2.45, 2.75) is 97.2 Å². The van der Waals surface area contributed by atoms with Gasteiger partial charge in [0.25, 0.3) is 5.56 Å². The lowest BCUT2D eigenvalue weighted by atomic mass is 9.82. The molecule has 17 nitrogen and oxygen atoms in total. The molecule has 1 atom stereocenters. The summed E-state index contributed by atoms with van der Waals surface area (Å²) in [6.45, 7) is 18.2. The van der Waals surface area contributed by atoms with Crippen LogP contribution in [0.5, 0.6) is 5.75 Å². The van der Waals surface area contributed by atoms with Crippen LogP contribution >= 0.6 is 23.1 Å². The first-order chi connectivity index (χ1) is 33.0. The van der Waals surface area contributed by atoms with Crippen LogP contribution in [0, 0.1) is 0 Å². The molecule has 5 heterocycles. The Bertz CT molecular complexity index is 2900. The average molecular weight is 1030 g/mol. The SMILES string of the molecule is CCOc1cc(N2CCC(NCCNCCc3cccc4c3C(C)(C)C(=O)N4C3CCC(=O)NC3=O)CC2)c(CC)cc1Nc1ncc(Br)c(Nc2ccc3c(=O)n(CC)ncc3c2P(C)(C)=O)n1. The van der Waals surface area contributed by atoms with E-state index in [1.54, 1.807) is 42.8 Å². The molecule has 2 aromatic heterocycles. The summed E-state index contributed by atoms with van der Waals surface area (Å²) in [4.78, 5) is 64.9. The van der Waals surface area contributed by atoms with Crippen molar-refractivity contribution >= 4 is 91.4 Å². The number of amides is 3. The highest BCUT2D eigenvalue weighted by molar-refractivity contribution is 9.10. The number of aryl methyl sites for hydroxylation is 2. The van der Waals surface area contributed by atoms with Crippen molar-refractivity contribution in [2.75, 3.05) is 73.1 Å². The molecule has 0 radical (unpaired) electrons. The van der Waals surface area contributed by atoms with Gasteiger partial charge in [0.1, 0.15) is 24.8 Å². The van der Waals surface area contributed by atoms with Gasteiger partial charge in [-0.2, -0.15) is 10.1 Å². The highest BCUT2D eigenvalue weighted by Crippen LogP contribution is 2.46. The van der Waals surface area contributed by atoms with E-state index in [0.717, 1.165) is 86.6 Å². The van der Waals surface area contributed by atoms with Gasteiger partial charge in [-0.1, -0.05) is 19.1 Å². The molecule has 5 aromatic rings. The van der Waals surface area contributed by atoms with Gasteiger partial charge in [-0.05, 0) is 137 Å². The summed E-state index contributed by atoms with van der Waals surface area (Å²) < 4.78 is 22.0. The third kappa shape index (κ3) is 10.3. The number of anilines is 6. The van der Waals surface area contributed by atoms with Crippen LogP contribution in [-0.2, 0) is 43.8 Å². The molecular formula is C50H63BrN11O6P. The number of imide groups is 1. The predicted octanol–water partition coefficient (Wildman–Crippen LogP) is 6.49. The molecule has 69 heavy (non-hydrogen) atoms. The summed E-state index contributed by atoms with van der Waals surface area (Å²) in [6, 6.07) is 13.4. The van der Waals surface area contributed by atoms with Crippen molar-refractivity contribution in [3.05, 3.63) is 86.4 Å². The van der Waals surface area contributed by atoms with Crippen LogP contribution in [0.4, 0.5) is 34.5 Å². The minimum absolute atomic E-state index is 0.111. The number of nitrogens with one attached hydrogen (secondary N) is 5. The topological polar surface area (TPSA) is 205 Å². The second kappa shape index (κ2) is 20.7. The average Bonchev–Trinajstić information content (AvgIpc) is 3.52. The van der Waals surface area contributed by atoms with E-state index in [1.807, 2.05) is 39.8 Å². The fraction of sp³-hybridized carbons (Fsp3) is 0.460. The summed E-state index contributed by atoms with van der Waals surface area (Å²) in [6.07, 6.45) is 7.35. The number of nitrogens with zero attached hydrogens (tertiary/aromatic N) is 6. The van der Waals surface area contributed by atoms with Gasteiger partial charge in [0.15, 0.2) is 0 Å². The van der Waals surface area contributed by atoms with E-state index in [4.69, 9.17) is 9.72 Å². The maximum absolute atomic E-state index is 13.7. The zero-order chi connectivity index (χ0) is 49.2. The summed E-state index contributed by atoms with van der Waals surface area (Å²) in [7, 11) is -2.91. The Hall–Kier alpha value is -5.68. The van der Waals surface area contributed by atoms with Crippen molar-refractivity contribution in [1.82, 2.24) is 35.7 Å². The smallest absolute Gasteiger partial charge is 0.274 e. The number of ether oxygens (including phenoxy) is 1. The molecule has 0 saturated carbocycles. The number of halogens is 1. The molecule has 2 saturated heterocycles. The zero-order valence-electron chi connectivity index (χ0n) is 40.5. The third-order valence-corrected chi connectivity index (χ3v) is 15.5. The Morgan fingerprint density at radius 2 is 1.68 bits per heavy atom. The van der Waals surface area contributed by atoms with Crippen LogP contribution in [0.1, 0.15) is 77.0 Å². The third-order valence-electron chi connectivity index (χ3n) is 13.4. The lowest BCUT2D eigenvalue weighted by molar-refractivity contribution is -0.136. The highest BCUT2D eigenvalue weighted by atomic mass is 79.9. The summed E-state index contributed by atoms with van der Waals surface area (Å²) in [5.74, 6) is 0.663. The molecule has 366 valence electrons. The minimum Gasteiger partial charge on any atom is -0.492 e. The molecule has 1 unspecified atom stereocenters. The van der Waals surface area contributed by atoms with Gasteiger partial charge >= 0.3 is 0 Å². The van der Waals surface area contributed by atoms with Crippen LogP contribution in [0.25, 0.3) is 10.8 Å². The highest BCUT2D eigenvalue weighted by Gasteiger charge is 2.50. The van der Waals surface area contributed by atoms with Crippen molar-refractivity contribution < 1.29 is 23.7 Å². The van der Waals surface area contributed by atoms with E-state index < -0.39 is 24.5 Å². The van der Waals surface area contributed by atoms with Crippen LogP contribution in [-0.4, -0.2) is 102 Å². The predicted molar refractivity (Wildman–Crippen MR) is 277 cm³/mol. The van der Waals surface area contributed by atoms with E-state index in [9.17, 15) is 23.7 Å². The largest absolute Gasteiger partial charge is 0.492 e. The van der Waals surface area contributed by atoms with Crippen LogP contribution in [0.3, 0.4) is 0 Å². The summed E-state index contributed by atoms with van der Waals surface area (Å²) >= 11 is 3.59. The minimum atomic E-state index is -2.91. The van der Waals surface area contributed by atoms with Crippen molar-refractivity contribution in [3.8, 4) is 5.75 Å². The van der Waals surface area contributed by atoms with E-state index in [1.165, 1.54) is 10.2 Å². The van der Waals surface area contributed by atoms with Gasteiger partial charge in [-0.15, -0.1) is 0 Å². The Balaban J connectivity index is 0.871. The quantitative estimate of drug-likeness (QED) is 0.0362. The van der Waals surface area contributed by atoms with Crippen LogP contribution in [0.2, 0.25) is 0 Å². The van der Waals surface area contributed by atoms with Gasteiger partial charge in [-0.3, -0.25) is 29.4 Å². The number of rotatable bonds is 18. The number of hydrogen-bond acceptors (Lipinski definition) is 14. The maximum atomic E-state index is 13.7. The molecule has 3 aliphatic heterocycles. The Labute approximate surface area is 411 Å². The van der Waals surface area contributed by atoms with Gasteiger partial charge in [0.2, 0.25) is 23.7 Å². The van der Waals surface area contributed by atoms with Crippen molar-refractivity contribution in [2.24, 2.45) is 0 Å². The number of aromatic nitrogens is 4. The van der Waals surface area contributed by atoms with Gasteiger partial charge in [0.05, 0.1) is 39.5 Å². The van der Waals surface area contributed by atoms with Crippen molar-refractivity contribution in [3.63, 3.8) is 0 Å². The Morgan fingerprint density at radius 3 is 2.39 bits per heavy atom. The normalized spacial score (nSPS) is 17.3. The van der Waals surface area contributed by atoms with Crippen molar-refractivity contribution in [1.29, 1.82) is 0 Å². The van der Waals surface area contributed by atoms with E-state index in [2.05, 4.69) is 82.6 Å². The molecule has 0 bridgehead atoms. The summed E-state index contributed by atoms with van der Waals surface area (Å²) in [5, 5.41) is 22.4. The van der Waals surface area contributed by atoms with E-state index in [-0.39, 0.29) is 23.8 Å². The molecular weight excluding hydrogens is 961 g/mol. The maximum Gasteiger partial charge on any atom is 0.274 e. The first-order valence-corrected chi connectivity index (χ1v) is 27.4. The molecule has 2 fully saturated rings. The number of piperidine rings is 2. The monoisotopic (exact) mass is 1020 g/mol. The zero-order valence-corrected chi connectivity index (χ0v) is 43.0. The first-order valence-electron chi connectivity index (χ1n) is 24.0. The molecule has 5 N–H and O–H groups in total. The first kappa shape index (κ1) is 49.7. The van der Waals surface area contributed by atoms with E-state index >= 15 is 0 Å². The molecule has 0 aliphatic carbocycles. The number of fused-ring (bicyclic) bond motifs is 2. The summed E-state index contributed by atoms with van der Waals surface area (Å²) in [5.41, 5.74) is 5.43. The lowest BCUT2D eigenvalue weighted by Crippen LogP contribution is -2.55. The number of hydrogen-bond donors (Lipinski definition) is 5. The van der Waals surface area contributed by atoms with E-state index in [0.29, 0.717) is 69.4 Å². The molecule has 8 rings (SSSR count). The molecule has 3 aliphatic rings. The number of carbonyl (C=O) groups excluding carboxylic acids is 3. The molecule has 3 amide bonds. The van der Waals surface area contributed by atoms with Crippen LogP contribution < -0.4 is 52.0 Å². The molecule has 0 spiro atoms. The van der Waals surface area contributed by atoms with Gasteiger partial charge < -0.3 is 35.5 Å². The molecule has 3 aromatic carbocycles. The Morgan fingerprint density at radius 1 is 0.899 bits per heavy atom. The second-order valence-electron chi connectivity index (χ2n) is 18.7. The number of carbonyl (C=O) groups is 3. The molecule has 19 heteroatoms. The van der Waals surface area contributed by atoms with Gasteiger partial charge in [0, 0.05) is 79.5 Å². The fourth-order valence-corrected chi connectivity index (χ4v) is 11.7. The Kier molecular flexibility index (Phi) is 14.9. The van der Waals surface area contributed by atoms with Crippen LogP contribution in [0.15, 0.2) is 64.1 Å². The standard InChI is InChI=1S/C50H63BrN11O6P/c1-8-30-26-37(57-49-54-29-35(51)45(59-49)56-36-15-14-33-34(44(36)69(6,7)67)28-55-61(9-2)47(33)65)41(68-10-3)27-40(30)60-24-19-32(20-25-60)53-23-22-52-21-18-31-12-11-13-38-43(31)50(4,5)48(66)62(38)39-16-17-42(63)58-46(39)64/h11-15,26-29,32,39,52-53H,8-10,16-25H2,1-7H3,(H,58,63,64)(H2,54,56,57,59). The number of benzene rings is 3. The lowest BCUT2D eigenvalue weighted by Gasteiger charge is -2.35. The second-order valence-corrected chi connectivity index (χ2v) is 22.7. The fourth-order valence-electron chi connectivity index (χ4n) is 9.99.